The molecular formula is C19H14FN5O. The Morgan fingerprint density at radius 2 is 1.92 bits per heavy atom. The number of carbonyl (C=O) groups excluding carboxylic acids is 1. The summed E-state index contributed by atoms with van der Waals surface area (Å²) in [5, 5.41) is 14.6. The number of anilines is 3. The molecule has 0 fully saturated rings. The second-order valence-electron chi connectivity index (χ2n) is 5.47. The van der Waals surface area contributed by atoms with Crippen LogP contribution in [0, 0.1) is 24.1 Å². The molecule has 6 nitrogen and oxygen atoms in total. The summed E-state index contributed by atoms with van der Waals surface area (Å²) in [5.74, 6) is -0.691. The smallest absolute Gasteiger partial charge is 0.274 e. The molecule has 1 aromatic heterocycles. The average Bonchev–Trinajstić information content (AvgIpc) is 2.61. The van der Waals surface area contributed by atoms with E-state index in [1.165, 1.54) is 18.2 Å². The second-order valence-corrected chi connectivity index (χ2v) is 5.47. The lowest BCUT2D eigenvalue weighted by Crippen LogP contribution is -2.16. The zero-order valence-electron chi connectivity index (χ0n) is 13.8. The van der Waals surface area contributed by atoms with E-state index < -0.39 is 11.7 Å². The first-order chi connectivity index (χ1) is 12.5. The molecule has 0 saturated carbocycles. The third kappa shape index (κ3) is 3.99. The lowest BCUT2D eigenvalue weighted by molar-refractivity contribution is 0.102. The summed E-state index contributed by atoms with van der Waals surface area (Å²) in [6.45, 7) is 1.72. The second kappa shape index (κ2) is 7.40. The van der Waals surface area contributed by atoms with Crippen molar-refractivity contribution in [3.63, 3.8) is 0 Å². The van der Waals surface area contributed by atoms with Crippen LogP contribution in [0.4, 0.5) is 21.7 Å². The number of rotatable bonds is 4. The van der Waals surface area contributed by atoms with Gasteiger partial charge >= 0.3 is 0 Å². The van der Waals surface area contributed by atoms with Crippen molar-refractivity contribution in [2.45, 2.75) is 6.92 Å². The molecule has 0 saturated heterocycles. The maximum absolute atomic E-state index is 13.3. The molecule has 2 aromatic carbocycles. The van der Waals surface area contributed by atoms with Gasteiger partial charge in [0.1, 0.15) is 17.6 Å². The number of hydrogen-bond donors (Lipinski definition) is 2. The van der Waals surface area contributed by atoms with Crippen molar-refractivity contribution < 1.29 is 9.18 Å². The maximum Gasteiger partial charge on any atom is 0.274 e. The van der Waals surface area contributed by atoms with Gasteiger partial charge in [-0.05, 0) is 43.3 Å². The molecule has 128 valence electrons. The van der Waals surface area contributed by atoms with Crippen molar-refractivity contribution in [2.75, 3.05) is 10.6 Å². The number of aryl methyl sites for hydroxylation is 1. The average molecular weight is 347 g/mol. The van der Waals surface area contributed by atoms with Gasteiger partial charge in [0.05, 0.1) is 11.3 Å². The molecule has 0 aliphatic rings. The topological polar surface area (TPSA) is 90.7 Å². The van der Waals surface area contributed by atoms with Crippen LogP contribution >= 0.6 is 0 Å². The van der Waals surface area contributed by atoms with Gasteiger partial charge in [-0.15, -0.1) is 0 Å². The zero-order valence-corrected chi connectivity index (χ0v) is 13.8. The molecule has 0 spiro atoms. The molecule has 0 aliphatic heterocycles. The first kappa shape index (κ1) is 17.0. The Hall–Kier alpha value is -3.79. The van der Waals surface area contributed by atoms with Crippen molar-refractivity contribution in [3.8, 4) is 6.07 Å². The Labute approximate surface area is 149 Å². The molecule has 0 atom stereocenters. The molecule has 0 aliphatic carbocycles. The molecule has 0 bridgehead atoms. The van der Waals surface area contributed by atoms with Gasteiger partial charge in [0.15, 0.2) is 0 Å². The lowest BCUT2D eigenvalue weighted by atomic mass is 10.2. The number of benzene rings is 2. The minimum Gasteiger partial charge on any atom is -0.324 e. The molecule has 1 heterocycles. The number of hydrogen-bond acceptors (Lipinski definition) is 5. The minimum atomic E-state index is -0.472. The number of para-hydroxylation sites is 1. The number of nitriles is 1. The van der Waals surface area contributed by atoms with Crippen molar-refractivity contribution in [1.29, 1.82) is 5.26 Å². The Kier molecular flexibility index (Phi) is 4.85. The quantitative estimate of drug-likeness (QED) is 0.749. The van der Waals surface area contributed by atoms with E-state index in [4.69, 9.17) is 5.26 Å². The Morgan fingerprint density at radius 3 is 2.69 bits per heavy atom. The highest BCUT2D eigenvalue weighted by Gasteiger charge is 2.13. The van der Waals surface area contributed by atoms with E-state index in [0.717, 1.165) is 0 Å². The fourth-order valence-corrected chi connectivity index (χ4v) is 2.31. The first-order valence-corrected chi connectivity index (χ1v) is 7.74. The van der Waals surface area contributed by atoms with Crippen LogP contribution in [0.25, 0.3) is 0 Å². The predicted octanol–water partition coefficient (Wildman–Crippen LogP) is 3.79. The largest absolute Gasteiger partial charge is 0.324 e. The van der Waals surface area contributed by atoms with Crippen LogP contribution in [0.3, 0.4) is 0 Å². The third-order valence-electron chi connectivity index (χ3n) is 3.46. The first-order valence-electron chi connectivity index (χ1n) is 7.74. The van der Waals surface area contributed by atoms with Crippen LogP contribution in [-0.2, 0) is 0 Å². The van der Waals surface area contributed by atoms with E-state index in [1.54, 1.807) is 43.3 Å². The van der Waals surface area contributed by atoms with Gasteiger partial charge in [-0.25, -0.2) is 14.4 Å². The molecule has 2 N–H and O–H groups in total. The highest BCUT2D eigenvalue weighted by atomic mass is 19.1. The number of halogens is 1. The Bertz CT molecular complexity index is 1010. The van der Waals surface area contributed by atoms with E-state index in [2.05, 4.69) is 20.6 Å². The van der Waals surface area contributed by atoms with Crippen LogP contribution in [0.2, 0.25) is 0 Å². The van der Waals surface area contributed by atoms with Gasteiger partial charge in [-0.3, -0.25) is 4.79 Å². The van der Waals surface area contributed by atoms with Gasteiger partial charge < -0.3 is 10.6 Å². The summed E-state index contributed by atoms with van der Waals surface area (Å²) in [6.07, 6.45) is 0. The number of carbonyl (C=O) groups is 1. The summed E-state index contributed by atoms with van der Waals surface area (Å²) in [7, 11) is 0. The molecule has 0 unspecified atom stereocenters. The number of amides is 1. The third-order valence-corrected chi connectivity index (χ3v) is 3.46. The van der Waals surface area contributed by atoms with E-state index in [0.29, 0.717) is 22.6 Å². The molecular weight excluding hydrogens is 333 g/mol. The predicted molar refractivity (Wildman–Crippen MR) is 95.6 cm³/mol. The highest BCUT2D eigenvalue weighted by Crippen LogP contribution is 2.17. The number of aromatic nitrogens is 2. The van der Waals surface area contributed by atoms with Gasteiger partial charge in [0, 0.05) is 11.4 Å². The van der Waals surface area contributed by atoms with Crippen molar-refractivity contribution in [1.82, 2.24) is 9.97 Å². The fourth-order valence-electron chi connectivity index (χ4n) is 2.31. The Morgan fingerprint density at radius 1 is 1.12 bits per heavy atom. The lowest BCUT2D eigenvalue weighted by Gasteiger charge is -2.09. The standard InChI is InChI=1S/C19H14FN5O/c1-12-9-17(18(26)24-16-8-3-2-5-13(16)11-21)25-19(22-12)23-15-7-4-6-14(20)10-15/h2-10H,1H3,(H,24,26)(H,22,23,25). The van der Waals surface area contributed by atoms with Gasteiger partial charge in [-0.2, -0.15) is 5.26 Å². The van der Waals surface area contributed by atoms with Crippen LogP contribution in [0.5, 0.6) is 0 Å². The van der Waals surface area contributed by atoms with E-state index >= 15 is 0 Å². The monoisotopic (exact) mass is 347 g/mol. The van der Waals surface area contributed by atoms with Gasteiger partial charge in [0.25, 0.3) is 5.91 Å². The fraction of sp³-hybridized carbons (Fsp3) is 0.0526. The van der Waals surface area contributed by atoms with Crippen molar-refractivity contribution >= 4 is 23.2 Å². The molecule has 26 heavy (non-hydrogen) atoms. The van der Waals surface area contributed by atoms with Gasteiger partial charge in [-0.1, -0.05) is 18.2 Å². The van der Waals surface area contributed by atoms with Crippen LogP contribution in [0.15, 0.2) is 54.6 Å². The minimum absolute atomic E-state index is 0.129. The van der Waals surface area contributed by atoms with Crippen LogP contribution < -0.4 is 10.6 Å². The molecule has 7 heteroatoms. The van der Waals surface area contributed by atoms with Crippen molar-refractivity contribution in [2.24, 2.45) is 0 Å². The molecule has 1 amide bonds. The highest BCUT2D eigenvalue weighted by molar-refractivity contribution is 6.03. The van der Waals surface area contributed by atoms with Crippen LogP contribution in [0.1, 0.15) is 21.7 Å². The zero-order chi connectivity index (χ0) is 18.5. The van der Waals surface area contributed by atoms with Gasteiger partial charge in [0.2, 0.25) is 5.95 Å². The van der Waals surface area contributed by atoms with Crippen LogP contribution in [-0.4, -0.2) is 15.9 Å². The summed E-state index contributed by atoms with van der Waals surface area (Å²) in [4.78, 5) is 20.9. The molecule has 0 radical (unpaired) electrons. The Balaban J connectivity index is 1.85. The van der Waals surface area contributed by atoms with Crippen molar-refractivity contribution in [3.05, 3.63) is 77.4 Å². The maximum atomic E-state index is 13.3. The summed E-state index contributed by atoms with van der Waals surface area (Å²) in [6, 6.07) is 16.1. The molecule has 3 rings (SSSR count). The number of nitrogens with one attached hydrogen (secondary N) is 2. The molecule has 3 aromatic rings. The summed E-state index contributed by atoms with van der Waals surface area (Å²) in [5.41, 5.74) is 1.92. The van der Waals surface area contributed by atoms with E-state index in [9.17, 15) is 9.18 Å². The van der Waals surface area contributed by atoms with E-state index in [1.807, 2.05) is 6.07 Å². The summed E-state index contributed by atoms with van der Waals surface area (Å²) >= 11 is 0. The van der Waals surface area contributed by atoms with E-state index in [-0.39, 0.29) is 11.6 Å². The normalized spacial score (nSPS) is 10.0. The summed E-state index contributed by atoms with van der Waals surface area (Å²) < 4.78 is 13.3. The SMILES string of the molecule is Cc1cc(C(=O)Nc2ccccc2C#N)nc(Nc2cccc(F)c2)n1. The number of nitrogens with zero attached hydrogens (tertiary/aromatic N) is 3.